The lowest BCUT2D eigenvalue weighted by Gasteiger charge is -2.04. The average Bonchev–Trinajstić information content (AvgIpc) is 1.63. The number of ether oxygens (including phenoxy) is 1. The smallest absolute Gasteiger partial charge is 0.335 e. The molecule has 0 amide bonds. The third kappa shape index (κ3) is 5.59. The summed E-state index contributed by atoms with van der Waals surface area (Å²) in [5.74, 6) is -0.565. The molecule has 0 aliphatic rings. The van der Waals surface area contributed by atoms with E-state index in [2.05, 4.69) is 11.3 Å². The fourth-order valence-corrected chi connectivity index (χ4v) is 0.255. The summed E-state index contributed by atoms with van der Waals surface area (Å²) in [5, 5.41) is 8.49. The van der Waals surface area contributed by atoms with Crippen molar-refractivity contribution in [3.05, 3.63) is 12.2 Å². The summed E-state index contributed by atoms with van der Waals surface area (Å²) in [6.07, 6.45) is -1.05. The van der Waals surface area contributed by atoms with Crippen LogP contribution in [0.25, 0.3) is 0 Å². The average molecular weight is 167 g/mol. The molecule has 0 aromatic heterocycles. The number of rotatable bonds is 2. The van der Waals surface area contributed by atoms with Crippen molar-refractivity contribution in [2.24, 2.45) is 0 Å². The van der Waals surface area contributed by atoms with Gasteiger partial charge >= 0.3 is 5.97 Å². The monoisotopic (exact) mass is 166 g/mol. The van der Waals surface area contributed by atoms with Crippen LogP contribution in [0.5, 0.6) is 0 Å². The molecule has 0 aromatic carbocycles. The highest BCUT2D eigenvalue weighted by molar-refractivity contribution is 5.86. The molecule has 0 heterocycles. The van der Waals surface area contributed by atoms with Crippen LogP contribution in [-0.2, 0) is 9.53 Å². The van der Waals surface area contributed by atoms with Gasteiger partial charge in [-0.15, -0.1) is 12.4 Å². The van der Waals surface area contributed by atoms with Crippen LogP contribution in [-0.4, -0.2) is 17.4 Å². The molecule has 10 heavy (non-hydrogen) atoms. The Hall–Kier alpha value is -0.540. The van der Waals surface area contributed by atoms with Crippen molar-refractivity contribution < 1.29 is 14.6 Å². The SMILES string of the molecule is C=C(C)C(=O)OC(C)O.Cl. The van der Waals surface area contributed by atoms with E-state index < -0.39 is 12.3 Å². The van der Waals surface area contributed by atoms with Gasteiger partial charge in [0.2, 0.25) is 0 Å². The summed E-state index contributed by atoms with van der Waals surface area (Å²) in [7, 11) is 0. The van der Waals surface area contributed by atoms with Gasteiger partial charge in [-0.2, -0.15) is 0 Å². The van der Waals surface area contributed by atoms with Gasteiger partial charge in [0.25, 0.3) is 0 Å². The van der Waals surface area contributed by atoms with E-state index in [-0.39, 0.29) is 18.0 Å². The summed E-state index contributed by atoms with van der Waals surface area (Å²) in [5.41, 5.74) is 0.288. The summed E-state index contributed by atoms with van der Waals surface area (Å²) in [6, 6.07) is 0. The summed E-state index contributed by atoms with van der Waals surface area (Å²) < 4.78 is 4.33. The van der Waals surface area contributed by atoms with Crippen molar-refractivity contribution in [1.29, 1.82) is 0 Å². The standard InChI is InChI=1S/C6H10O3.ClH/c1-4(2)6(8)9-5(3)7;/h5,7H,1H2,2-3H3;1H. The molecule has 4 heteroatoms. The van der Waals surface area contributed by atoms with E-state index in [1.807, 2.05) is 0 Å². The second-order valence-corrected chi connectivity index (χ2v) is 1.78. The van der Waals surface area contributed by atoms with E-state index in [1.165, 1.54) is 13.8 Å². The minimum atomic E-state index is -1.05. The van der Waals surface area contributed by atoms with Crippen molar-refractivity contribution in [2.45, 2.75) is 20.1 Å². The molecule has 1 atom stereocenters. The zero-order valence-electron chi connectivity index (χ0n) is 5.96. The molecule has 60 valence electrons. The number of halogens is 1. The molecule has 0 bridgehead atoms. The Kier molecular flexibility index (Phi) is 6.40. The second kappa shape index (κ2) is 5.26. The number of aliphatic hydroxyl groups excluding tert-OH is 1. The van der Waals surface area contributed by atoms with Crippen LogP contribution in [0.2, 0.25) is 0 Å². The molecule has 0 rings (SSSR count). The molecule has 0 aromatic rings. The Labute approximate surface area is 66.1 Å². The third-order valence-corrected chi connectivity index (χ3v) is 0.626. The lowest BCUT2D eigenvalue weighted by atomic mass is 10.4. The predicted octanol–water partition coefficient (Wildman–Crippen LogP) is 0.866. The third-order valence-electron chi connectivity index (χ3n) is 0.626. The fraction of sp³-hybridized carbons (Fsp3) is 0.500. The first-order valence-corrected chi connectivity index (χ1v) is 2.58. The van der Waals surface area contributed by atoms with Crippen LogP contribution in [0, 0.1) is 0 Å². The van der Waals surface area contributed by atoms with Crippen LogP contribution in [0.4, 0.5) is 0 Å². The molecule has 0 aliphatic heterocycles. The van der Waals surface area contributed by atoms with Crippen molar-refractivity contribution in [2.75, 3.05) is 0 Å². The Balaban J connectivity index is 0. The molecular formula is C6H11ClO3. The predicted molar refractivity (Wildman–Crippen MR) is 39.8 cm³/mol. The summed E-state index contributed by atoms with van der Waals surface area (Å²) in [6.45, 7) is 6.20. The van der Waals surface area contributed by atoms with E-state index in [9.17, 15) is 4.79 Å². The Morgan fingerprint density at radius 3 is 2.20 bits per heavy atom. The lowest BCUT2D eigenvalue weighted by Crippen LogP contribution is -2.13. The molecule has 1 unspecified atom stereocenters. The minimum absolute atomic E-state index is 0. The van der Waals surface area contributed by atoms with Gasteiger partial charge in [0.1, 0.15) is 0 Å². The van der Waals surface area contributed by atoms with E-state index >= 15 is 0 Å². The molecule has 0 aliphatic carbocycles. The molecule has 3 nitrogen and oxygen atoms in total. The highest BCUT2D eigenvalue weighted by Gasteiger charge is 2.04. The second-order valence-electron chi connectivity index (χ2n) is 1.78. The zero-order valence-corrected chi connectivity index (χ0v) is 6.77. The Morgan fingerprint density at radius 1 is 1.70 bits per heavy atom. The highest BCUT2D eigenvalue weighted by Crippen LogP contribution is 1.94. The van der Waals surface area contributed by atoms with Gasteiger partial charge in [-0.1, -0.05) is 6.58 Å². The lowest BCUT2D eigenvalue weighted by molar-refractivity contribution is -0.159. The molecule has 0 radical (unpaired) electrons. The van der Waals surface area contributed by atoms with Gasteiger partial charge < -0.3 is 9.84 Å². The van der Waals surface area contributed by atoms with Gasteiger partial charge in [-0.3, -0.25) is 0 Å². The maximum Gasteiger partial charge on any atom is 0.335 e. The molecular weight excluding hydrogens is 156 g/mol. The van der Waals surface area contributed by atoms with Crippen LogP contribution in [0.15, 0.2) is 12.2 Å². The molecule has 1 N–H and O–H groups in total. The molecule has 0 spiro atoms. The van der Waals surface area contributed by atoms with Crippen molar-refractivity contribution in [3.63, 3.8) is 0 Å². The van der Waals surface area contributed by atoms with Gasteiger partial charge in [-0.05, 0) is 13.8 Å². The van der Waals surface area contributed by atoms with Crippen LogP contribution in [0.3, 0.4) is 0 Å². The first-order valence-electron chi connectivity index (χ1n) is 2.58. The maximum absolute atomic E-state index is 10.5. The minimum Gasteiger partial charge on any atom is -0.433 e. The first-order chi connectivity index (χ1) is 4.04. The van der Waals surface area contributed by atoms with Gasteiger partial charge in [0.15, 0.2) is 6.29 Å². The fourth-order valence-electron chi connectivity index (χ4n) is 0.255. The number of aliphatic hydroxyl groups is 1. The Bertz CT molecular complexity index is 131. The number of carbonyl (C=O) groups excluding carboxylic acids is 1. The number of esters is 1. The molecule has 0 saturated heterocycles. The van der Waals surface area contributed by atoms with Crippen LogP contribution >= 0.6 is 12.4 Å². The van der Waals surface area contributed by atoms with Gasteiger partial charge in [-0.25, -0.2) is 4.79 Å². The maximum atomic E-state index is 10.5. The summed E-state index contributed by atoms with van der Waals surface area (Å²) in [4.78, 5) is 10.5. The summed E-state index contributed by atoms with van der Waals surface area (Å²) >= 11 is 0. The first kappa shape index (κ1) is 12.2. The van der Waals surface area contributed by atoms with Gasteiger partial charge in [0.05, 0.1) is 0 Å². The quantitative estimate of drug-likeness (QED) is 0.376. The zero-order chi connectivity index (χ0) is 7.44. The van der Waals surface area contributed by atoms with Crippen molar-refractivity contribution in [1.82, 2.24) is 0 Å². The topological polar surface area (TPSA) is 46.5 Å². The van der Waals surface area contributed by atoms with E-state index in [1.54, 1.807) is 0 Å². The van der Waals surface area contributed by atoms with E-state index in [4.69, 9.17) is 5.11 Å². The number of hydrogen-bond acceptors (Lipinski definition) is 3. The normalized spacial score (nSPS) is 11.1. The number of carbonyl (C=O) groups is 1. The van der Waals surface area contributed by atoms with E-state index in [0.717, 1.165) is 0 Å². The number of hydrogen-bond donors (Lipinski definition) is 1. The van der Waals surface area contributed by atoms with Gasteiger partial charge in [0, 0.05) is 5.57 Å². The largest absolute Gasteiger partial charge is 0.433 e. The van der Waals surface area contributed by atoms with Crippen molar-refractivity contribution >= 4 is 18.4 Å². The van der Waals surface area contributed by atoms with Crippen LogP contribution in [0.1, 0.15) is 13.8 Å². The molecule has 0 fully saturated rings. The van der Waals surface area contributed by atoms with E-state index in [0.29, 0.717) is 0 Å². The van der Waals surface area contributed by atoms with Crippen molar-refractivity contribution in [3.8, 4) is 0 Å². The Morgan fingerprint density at radius 2 is 2.10 bits per heavy atom. The molecule has 0 saturated carbocycles. The highest BCUT2D eigenvalue weighted by atomic mass is 35.5. The van der Waals surface area contributed by atoms with Crippen LogP contribution < -0.4 is 0 Å².